The predicted molar refractivity (Wildman–Crippen MR) is 59.4 cm³/mol. The Hall–Kier alpha value is -1.65. The molecule has 0 unspecified atom stereocenters. The topological polar surface area (TPSA) is 40.5 Å². The summed E-state index contributed by atoms with van der Waals surface area (Å²) in [5, 5.41) is 8.80. The average molecular weight is 241 g/mol. The molecule has 17 heavy (non-hydrogen) atoms. The minimum absolute atomic E-state index is 0.184. The van der Waals surface area contributed by atoms with Crippen molar-refractivity contribution in [1.29, 1.82) is 0 Å². The molecule has 1 aliphatic rings. The minimum Gasteiger partial charge on any atom is -0.478 e. The van der Waals surface area contributed by atoms with Crippen LogP contribution < -0.4 is 4.90 Å². The van der Waals surface area contributed by atoms with Crippen LogP contribution in [0.15, 0.2) is 12.1 Å². The summed E-state index contributed by atoms with van der Waals surface area (Å²) in [6, 6.07) is 1.73. The molecule has 0 amide bonds. The van der Waals surface area contributed by atoms with Gasteiger partial charge < -0.3 is 10.0 Å². The van der Waals surface area contributed by atoms with E-state index in [4.69, 9.17) is 5.11 Å². The maximum atomic E-state index is 13.6. The van der Waals surface area contributed by atoms with E-state index in [1.165, 1.54) is 0 Å². The van der Waals surface area contributed by atoms with Gasteiger partial charge in [0.1, 0.15) is 11.6 Å². The zero-order valence-electron chi connectivity index (χ0n) is 9.25. The minimum atomic E-state index is -1.37. The fourth-order valence-electron chi connectivity index (χ4n) is 2.08. The van der Waals surface area contributed by atoms with Gasteiger partial charge in [-0.2, -0.15) is 0 Å². The molecule has 1 aliphatic heterocycles. The van der Waals surface area contributed by atoms with Crippen LogP contribution in [0.2, 0.25) is 0 Å². The van der Waals surface area contributed by atoms with E-state index in [2.05, 4.69) is 0 Å². The first-order chi connectivity index (χ1) is 8.09. The number of carboxylic acids is 1. The average Bonchev–Trinajstić information content (AvgIpc) is 2.29. The van der Waals surface area contributed by atoms with Gasteiger partial charge >= 0.3 is 5.97 Å². The number of benzene rings is 1. The van der Waals surface area contributed by atoms with Crippen LogP contribution in [0.4, 0.5) is 14.5 Å². The fourth-order valence-corrected chi connectivity index (χ4v) is 2.08. The second kappa shape index (κ2) is 4.69. The SMILES string of the molecule is O=C(O)c1cc(N2CCCCC2)c(F)cc1F. The fraction of sp³-hybridized carbons (Fsp3) is 0.417. The van der Waals surface area contributed by atoms with E-state index in [9.17, 15) is 13.6 Å². The number of carbonyl (C=O) groups is 1. The van der Waals surface area contributed by atoms with Crippen molar-refractivity contribution in [2.24, 2.45) is 0 Å². The van der Waals surface area contributed by atoms with E-state index < -0.39 is 23.2 Å². The molecule has 1 heterocycles. The molecule has 0 spiro atoms. The number of anilines is 1. The molecule has 1 aromatic carbocycles. The molecule has 0 aromatic heterocycles. The molecular formula is C12H13F2NO2. The molecule has 0 saturated carbocycles. The third-order valence-corrected chi connectivity index (χ3v) is 2.96. The Morgan fingerprint density at radius 2 is 1.76 bits per heavy atom. The number of hydrogen-bond acceptors (Lipinski definition) is 2. The van der Waals surface area contributed by atoms with Crippen molar-refractivity contribution in [3.8, 4) is 0 Å². The number of carboxylic acid groups (broad SMARTS) is 1. The summed E-state index contributed by atoms with van der Waals surface area (Å²) in [6.45, 7) is 1.36. The second-order valence-electron chi connectivity index (χ2n) is 4.14. The number of piperidine rings is 1. The summed E-state index contributed by atoms with van der Waals surface area (Å²) in [5.41, 5.74) is -0.296. The standard InChI is InChI=1S/C12H13F2NO2/c13-9-7-10(14)11(6-8(9)12(16)17)15-4-2-1-3-5-15/h6-7H,1-5H2,(H,16,17). The van der Waals surface area contributed by atoms with Crippen LogP contribution in [0.5, 0.6) is 0 Å². The van der Waals surface area contributed by atoms with Crippen LogP contribution in [-0.2, 0) is 0 Å². The summed E-state index contributed by atoms with van der Waals surface area (Å²) < 4.78 is 26.8. The Labute approximate surface area is 97.7 Å². The Balaban J connectivity index is 2.38. The molecule has 1 saturated heterocycles. The van der Waals surface area contributed by atoms with E-state index in [-0.39, 0.29) is 5.69 Å². The van der Waals surface area contributed by atoms with Crippen LogP contribution >= 0.6 is 0 Å². The number of rotatable bonds is 2. The summed E-state index contributed by atoms with van der Waals surface area (Å²) in [4.78, 5) is 12.6. The van der Waals surface area contributed by atoms with Crippen LogP contribution in [0.1, 0.15) is 29.6 Å². The molecule has 1 N–H and O–H groups in total. The summed E-state index contributed by atoms with van der Waals surface area (Å²) in [7, 11) is 0. The highest BCUT2D eigenvalue weighted by Gasteiger charge is 2.20. The monoisotopic (exact) mass is 241 g/mol. The molecule has 5 heteroatoms. The quantitative estimate of drug-likeness (QED) is 0.865. The van der Waals surface area contributed by atoms with Crippen LogP contribution in [0, 0.1) is 11.6 Å². The van der Waals surface area contributed by atoms with Gasteiger partial charge in [0.15, 0.2) is 0 Å². The Bertz CT molecular complexity index is 442. The van der Waals surface area contributed by atoms with Gasteiger partial charge in [0.05, 0.1) is 11.3 Å². The van der Waals surface area contributed by atoms with Crippen molar-refractivity contribution in [3.05, 3.63) is 29.3 Å². The number of aromatic carboxylic acids is 1. The van der Waals surface area contributed by atoms with Crippen molar-refractivity contribution in [2.45, 2.75) is 19.3 Å². The van der Waals surface area contributed by atoms with Gasteiger partial charge in [-0.05, 0) is 25.3 Å². The molecule has 1 aromatic rings. The van der Waals surface area contributed by atoms with Gasteiger partial charge in [0.25, 0.3) is 0 Å². The zero-order chi connectivity index (χ0) is 12.4. The summed E-state index contributed by atoms with van der Waals surface area (Å²) >= 11 is 0. The number of nitrogens with zero attached hydrogens (tertiary/aromatic N) is 1. The molecule has 92 valence electrons. The van der Waals surface area contributed by atoms with Crippen LogP contribution in [0.25, 0.3) is 0 Å². The van der Waals surface area contributed by atoms with E-state index in [0.29, 0.717) is 19.2 Å². The number of halogens is 2. The highest BCUT2D eigenvalue weighted by atomic mass is 19.1. The van der Waals surface area contributed by atoms with E-state index in [0.717, 1.165) is 25.3 Å². The first kappa shape index (κ1) is 11.8. The lowest BCUT2D eigenvalue weighted by Crippen LogP contribution is -2.30. The van der Waals surface area contributed by atoms with Gasteiger partial charge in [-0.3, -0.25) is 0 Å². The lowest BCUT2D eigenvalue weighted by atomic mass is 10.1. The lowest BCUT2D eigenvalue weighted by Gasteiger charge is -2.29. The van der Waals surface area contributed by atoms with Crippen LogP contribution in [-0.4, -0.2) is 24.2 Å². The smallest absolute Gasteiger partial charge is 0.338 e. The molecule has 0 atom stereocenters. The molecule has 3 nitrogen and oxygen atoms in total. The predicted octanol–water partition coefficient (Wildman–Crippen LogP) is 2.65. The first-order valence-electron chi connectivity index (χ1n) is 5.57. The first-order valence-corrected chi connectivity index (χ1v) is 5.57. The largest absolute Gasteiger partial charge is 0.478 e. The maximum absolute atomic E-state index is 13.6. The molecular weight excluding hydrogens is 228 g/mol. The van der Waals surface area contributed by atoms with Crippen LogP contribution in [0.3, 0.4) is 0 Å². The van der Waals surface area contributed by atoms with Gasteiger partial charge in [0.2, 0.25) is 0 Å². The number of hydrogen-bond donors (Lipinski definition) is 1. The molecule has 0 bridgehead atoms. The van der Waals surface area contributed by atoms with Gasteiger partial charge in [-0.25, -0.2) is 13.6 Å². The molecule has 2 rings (SSSR count). The molecule has 0 radical (unpaired) electrons. The molecule has 1 fully saturated rings. The van der Waals surface area contributed by atoms with E-state index >= 15 is 0 Å². The van der Waals surface area contributed by atoms with Gasteiger partial charge in [0, 0.05) is 19.2 Å². The third-order valence-electron chi connectivity index (χ3n) is 2.96. The van der Waals surface area contributed by atoms with Crippen molar-refractivity contribution < 1.29 is 18.7 Å². The highest BCUT2D eigenvalue weighted by molar-refractivity contribution is 5.89. The normalized spacial score (nSPS) is 16.0. The summed E-state index contributed by atoms with van der Waals surface area (Å²) in [6.07, 6.45) is 2.98. The van der Waals surface area contributed by atoms with Gasteiger partial charge in [-0.1, -0.05) is 0 Å². The highest BCUT2D eigenvalue weighted by Crippen LogP contribution is 2.26. The van der Waals surface area contributed by atoms with Crippen molar-refractivity contribution >= 4 is 11.7 Å². The van der Waals surface area contributed by atoms with E-state index in [1.54, 1.807) is 4.90 Å². The molecule has 0 aliphatic carbocycles. The second-order valence-corrected chi connectivity index (χ2v) is 4.14. The third kappa shape index (κ3) is 2.38. The van der Waals surface area contributed by atoms with Gasteiger partial charge in [-0.15, -0.1) is 0 Å². The van der Waals surface area contributed by atoms with E-state index in [1.807, 2.05) is 0 Å². The maximum Gasteiger partial charge on any atom is 0.338 e. The van der Waals surface area contributed by atoms with Crippen molar-refractivity contribution in [3.63, 3.8) is 0 Å². The van der Waals surface area contributed by atoms with Crippen molar-refractivity contribution in [2.75, 3.05) is 18.0 Å². The zero-order valence-corrected chi connectivity index (χ0v) is 9.25. The Morgan fingerprint density at radius 3 is 2.35 bits per heavy atom. The summed E-state index contributed by atoms with van der Waals surface area (Å²) in [5.74, 6) is -3.11. The lowest BCUT2D eigenvalue weighted by molar-refractivity contribution is 0.0692. The Kier molecular flexibility index (Phi) is 3.26. The Morgan fingerprint density at radius 1 is 1.12 bits per heavy atom. The van der Waals surface area contributed by atoms with Crippen molar-refractivity contribution in [1.82, 2.24) is 0 Å².